The molecule has 1 heterocycles. The van der Waals surface area contributed by atoms with Crippen LogP contribution < -0.4 is 4.74 Å². The van der Waals surface area contributed by atoms with Crippen molar-refractivity contribution < 1.29 is 9.84 Å². The van der Waals surface area contributed by atoms with Gasteiger partial charge in [-0.15, -0.1) is 11.3 Å². The van der Waals surface area contributed by atoms with Crippen LogP contribution >= 0.6 is 39.0 Å². The van der Waals surface area contributed by atoms with Crippen LogP contribution in [0.4, 0.5) is 0 Å². The highest BCUT2D eigenvalue weighted by Gasteiger charge is 2.10. The Morgan fingerprint density at radius 1 is 1.18 bits per heavy atom. The number of fused-ring (bicyclic) bond motifs is 1. The summed E-state index contributed by atoms with van der Waals surface area (Å²) in [4.78, 5) is 4.54. The van der Waals surface area contributed by atoms with E-state index in [0.29, 0.717) is 5.75 Å². The molecule has 3 aromatic rings. The van der Waals surface area contributed by atoms with E-state index in [2.05, 4.69) is 27.0 Å². The monoisotopic (exact) mass is 395 g/mol. The Balaban J connectivity index is 1.51. The van der Waals surface area contributed by atoms with Crippen LogP contribution in [0.1, 0.15) is 0 Å². The molecule has 3 rings (SSSR count). The second kappa shape index (κ2) is 7.46. The largest absolute Gasteiger partial charge is 0.490 e. The molecule has 3 nitrogen and oxygen atoms in total. The maximum atomic E-state index is 10.1. The summed E-state index contributed by atoms with van der Waals surface area (Å²) in [5.74, 6) is 1.30. The van der Waals surface area contributed by atoms with Crippen LogP contribution in [-0.2, 0) is 0 Å². The molecule has 0 amide bonds. The highest BCUT2D eigenvalue weighted by molar-refractivity contribution is 9.10. The second-order valence-electron chi connectivity index (χ2n) is 4.65. The van der Waals surface area contributed by atoms with Gasteiger partial charge in [-0.05, 0) is 40.2 Å². The third-order valence-electron chi connectivity index (χ3n) is 2.94. The molecule has 1 N–H and O–H groups in total. The van der Waals surface area contributed by atoms with E-state index in [1.165, 1.54) is 4.70 Å². The molecule has 0 fully saturated rings. The zero-order chi connectivity index (χ0) is 15.4. The number of halogens is 1. The molecular formula is C16H14BrNO2S2. The second-order valence-corrected chi connectivity index (χ2v) is 7.81. The number of thioether (sulfide) groups is 1. The maximum Gasteiger partial charge on any atom is 0.151 e. The molecule has 0 aliphatic rings. The average Bonchev–Trinajstić information content (AvgIpc) is 2.95. The normalized spacial score (nSPS) is 12.5. The number of benzene rings is 2. The number of ether oxygens (including phenoxy) is 1. The molecule has 0 aliphatic heterocycles. The quantitative estimate of drug-likeness (QED) is 0.619. The number of nitrogens with zero attached hydrogens (tertiary/aromatic N) is 1. The fourth-order valence-corrected chi connectivity index (χ4v) is 4.28. The molecule has 22 heavy (non-hydrogen) atoms. The Morgan fingerprint density at radius 3 is 2.77 bits per heavy atom. The lowest BCUT2D eigenvalue weighted by Gasteiger charge is -2.12. The molecule has 114 valence electrons. The Kier molecular flexibility index (Phi) is 5.36. The van der Waals surface area contributed by atoms with Gasteiger partial charge in [0.1, 0.15) is 12.4 Å². The van der Waals surface area contributed by atoms with Crippen molar-refractivity contribution in [2.75, 3.05) is 12.4 Å². The van der Waals surface area contributed by atoms with Gasteiger partial charge in [0.25, 0.3) is 0 Å². The molecule has 6 heteroatoms. The van der Waals surface area contributed by atoms with E-state index in [9.17, 15) is 5.11 Å². The fraction of sp³-hybridized carbons (Fsp3) is 0.188. The van der Waals surface area contributed by atoms with Gasteiger partial charge in [0.05, 0.1) is 20.8 Å². The Hall–Kier alpha value is -1.08. The third-order valence-corrected chi connectivity index (χ3v) is 5.92. The highest BCUT2D eigenvalue weighted by atomic mass is 79.9. The van der Waals surface area contributed by atoms with Crippen molar-refractivity contribution >= 4 is 49.2 Å². The van der Waals surface area contributed by atoms with Crippen LogP contribution in [0.25, 0.3) is 10.2 Å². The number of thiazole rings is 1. The van der Waals surface area contributed by atoms with Crippen LogP contribution in [0.5, 0.6) is 5.75 Å². The molecule has 0 spiro atoms. The number of hydrogen-bond acceptors (Lipinski definition) is 5. The van der Waals surface area contributed by atoms with Crippen LogP contribution in [0.15, 0.2) is 57.3 Å². The predicted octanol–water partition coefficient (Wildman–Crippen LogP) is 4.59. The van der Waals surface area contributed by atoms with Crippen molar-refractivity contribution in [3.05, 3.63) is 53.0 Å². The molecule has 1 atom stereocenters. The van der Waals surface area contributed by atoms with Crippen LogP contribution in [0.3, 0.4) is 0 Å². The lowest BCUT2D eigenvalue weighted by molar-refractivity contribution is 0.126. The fourth-order valence-electron chi connectivity index (χ4n) is 1.88. The number of para-hydroxylation sites is 2. The van der Waals surface area contributed by atoms with E-state index >= 15 is 0 Å². The molecule has 0 radical (unpaired) electrons. The Labute approximate surface area is 145 Å². The first kappa shape index (κ1) is 15.8. The van der Waals surface area contributed by atoms with Gasteiger partial charge in [-0.3, -0.25) is 0 Å². The standard InChI is InChI=1S/C16H14BrNO2S2/c17-12-5-1-3-7-14(12)20-9-11(19)10-21-16-18-13-6-2-4-8-15(13)22-16/h1-8,11,19H,9-10H2. The highest BCUT2D eigenvalue weighted by Crippen LogP contribution is 2.30. The van der Waals surface area contributed by atoms with E-state index in [1.807, 2.05) is 42.5 Å². The molecule has 0 saturated carbocycles. The number of hydrogen-bond donors (Lipinski definition) is 1. The van der Waals surface area contributed by atoms with Crippen LogP contribution in [-0.4, -0.2) is 28.6 Å². The van der Waals surface area contributed by atoms with E-state index in [4.69, 9.17) is 4.74 Å². The number of aliphatic hydroxyl groups excluding tert-OH is 1. The van der Waals surface area contributed by atoms with Crippen LogP contribution in [0.2, 0.25) is 0 Å². The lowest BCUT2D eigenvalue weighted by Crippen LogP contribution is -2.20. The van der Waals surface area contributed by atoms with Gasteiger partial charge in [0, 0.05) is 5.75 Å². The Morgan fingerprint density at radius 2 is 1.95 bits per heavy atom. The molecular weight excluding hydrogens is 382 g/mol. The number of rotatable bonds is 6. The zero-order valence-corrected chi connectivity index (χ0v) is 14.8. The summed E-state index contributed by atoms with van der Waals surface area (Å²) in [6.07, 6.45) is -0.538. The molecule has 2 aromatic carbocycles. The smallest absolute Gasteiger partial charge is 0.151 e. The SMILES string of the molecule is OC(COc1ccccc1Br)CSc1nc2ccccc2s1. The summed E-state index contributed by atoms with van der Waals surface area (Å²) in [5, 5.41) is 10.1. The summed E-state index contributed by atoms with van der Waals surface area (Å²) in [6.45, 7) is 0.264. The molecule has 0 aliphatic carbocycles. The third kappa shape index (κ3) is 4.01. The first-order valence-corrected chi connectivity index (χ1v) is 9.35. The first-order valence-electron chi connectivity index (χ1n) is 6.76. The minimum absolute atomic E-state index is 0.264. The summed E-state index contributed by atoms with van der Waals surface area (Å²) in [5.41, 5.74) is 1.01. The number of aromatic nitrogens is 1. The van der Waals surface area contributed by atoms with Gasteiger partial charge in [0.2, 0.25) is 0 Å². The molecule has 1 aromatic heterocycles. The summed E-state index contributed by atoms with van der Waals surface area (Å²) < 4.78 is 8.65. The van der Waals surface area contributed by atoms with Gasteiger partial charge >= 0.3 is 0 Å². The molecule has 0 bridgehead atoms. The first-order chi connectivity index (χ1) is 10.7. The lowest BCUT2D eigenvalue weighted by atomic mass is 10.3. The summed E-state index contributed by atoms with van der Waals surface area (Å²) in [7, 11) is 0. The van der Waals surface area contributed by atoms with Gasteiger partial charge in [0.15, 0.2) is 4.34 Å². The van der Waals surface area contributed by atoms with Crippen molar-refractivity contribution in [3.8, 4) is 5.75 Å². The van der Waals surface area contributed by atoms with Gasteiger partial charge in [-0.1, -0.05) is 36.0 Å². The van der Waals surface area contributed by atoms with Gasteiger partial charge < -0.3 is 9.84 Å². The van der Waals surface area contributed by atoms with E-state index < -0.39 is 6.10 Å². The summed E-state index contributed by atoms with van der Waals surface area (Å²) >= 11 is 6.63. The average molecular weight is 396 g/mol. The number of aliphatic hydroxyl groups is 1. The van der Waals surface area contributed by atoms with Crippen molar-refractivity contribution in [1.29, 1.82) is 0 Å². The molecule has 0 saturated heterocycles. The topological polar surface area (TPSA) is 42.4 Å². The van der Waals surface area contributed by atoms with E-state index in [1.54, 1.807) is 23.1 Å². The maximum absolute atomic E-state index is 10.1. The Bertz CT molecular complexity index is 729. The zero-order valence-electron chi connectivity index (χ0n) is 11.6. The predicted molar refractivity (Wildman–Crippen MR) is 96.0 cm³/mol. The van der Waals surface area contributed by atoms with Crippen molar-refractivity contribution in [2.24, 2.45) is 0 Å². The summed E-state index contributed by atoms with van der Waals surface area (Å²) in [6, 6.07) is 15.7. The van der Waals surface area contributed by atoms with Crippen molar-refractivity contribution in [2.45, 2.75) is 10.4 Å². The van der Waals surface area contributed by atoms with E-state index in [-0.39, 0.29) is 6.61 Å². The van der Waals surface area contributed by atoms with Gasteiger partial charge in [-0.2, -0.15) is 0 Å². The molecule has 1 unspecified atom stereocenters. The van der Waals surface area contributed by atoms with E-state index in [0.717, 1.165) is 20.1 Å². The minimum atomic E-state index is -0.538. The van der Waals surface area contributed by atoms with Gasteiger partial charge in [-0.25, -0.2) is 4.98 Å². The van der Waals surface area contributed by atoms with Crippen molar-refractivity contribution in [3.63, 3.8) is 0 Å². The van der Waals surface area contributed by atoms with Crippen LogP contribution in [0, 0.1) is 0 Å². The van der Waals surface area contributed by atoms with Crippen molar-refractivity contribution in [1.82, 2.24) is 4.98 Å². The minimum Gasteiger partial charge on any atom is -0.490 e.